The Kier molecular flexibility index (Phi) is 4.37. The van der Waals surface area contributed by atoms with Crippen molar-refractivity contribution in [3.8, 4) is 6.07 Å². The summed E-state index contributed by atoms with van der Waals surface area (Å²) in [6.45, 7) is 2.13. The van der Waals surface area contributed by atoms with Gasteiger partial charge in [0.25, 0.3) is 0 Å². The van der Waals surface area contributed by atoms with Crippen LogP contribution in [0, 0.1) is 11.3 Å². The van der Waals surface area contributed by atoms with Crippen molar-refractivity contribution in [2.45, 2.75) is 13.3 Å². The van der Waals surface area contributed by atoms with E-state index in [0.717, 1.165) is 0 Å². The van der Waals surface area contributed by atoms with E-state index in [1.807, 2.05) is 6.07 Å². The molecule has 0 saturated carbocycles. The van der Waals surface area contributed by atoms with Gasteiger partial charge in [0.15, 0.2) is 0 Å². The van der Waals surface area contributed by atoms with Crippen LogP contribution < -0.4 is 5.32 Å². The highest BCUT2D eigenvalue weighted by Crippen LogP contribution is 2.23. The molecular formula is C10H11ClN2O2. The van der Waals surface area contributed by atoms with Gasteiger partial charge in [0.05, 0.1) is 16.3 Å². The smallest absolute Gasteiger partial charge is 0.235 e. The van der Waals surface area contributed by atoms with E-state index in [9.17, 15) is 5.11 Å². The van der Waals surface area contributed by atoms with E-state index in [4.69, 9.17) is 21.6 Å². The molecule has 1 atom stereocenters. The number of anilines is 1. The molecule has 4 nitrogen and oxygen atoms in total. The fourth-order valence-electron chi connectivity index (χ4n) is 1.09. The quantitative estimate of drug-likeness (QED) is 0.770. The van der Waals surface area contributed by atoms with E-state index in [-0.39, 0.29) is 5.56 Å². The molecule has 0 saturated heterocycles. The highest BCUT2D eigenvalue weighted by Gasteiger charge is 2.09. The molecule has 0 aliphatic heterocycles. The Hall–Kier alpha value is -1.28. The molecule has 1 aromatic carbocycles. The molecule has 1 rings (SSSR count). The van der Waals surface area contributed by atoms with Gasteiger partial charge in [0.2, 0.25) is 6.41 Å². The number of nitrogens with one attached hydrogen (secondary N) is 1. The summed E-state index contributed by atoms with van der Waals surface area (Å²) in [5.74, 6) is 0. The van der Waals surface area contributed by atoms with Gasteiger partial charge in [-0.25, -0.2) is 0 Å². The van der Waals surface area contributed by atoms with Crippen molar-refractivity contribution in [1.29, 1.82) is 5.26 Å². The molecule has 0 aliphatic carbocycles. The minimum absolute atomic E-state index is 0.290. The van der Waals surface area contributed by atoms with E-state index >= 15 is 0 Å². The van der Waals surface area contributed by atoms with Crippen LogP contribution in [-0.4, -0.2) is 18.1 Å². The molecule has 15 heavy (non-hydrogen) atoms. The number of aliphatic hydroxyl groups excluding tert-OH is 1. The number of hydrogen-bond acceptors (Lipinski definition) is 4. The Bertz CT molecular complexity index is 376. The van der Waals surface area contributed by atoms with Gasteiger partial charge in [0.1, 0.15) is 6.07 Å². The summed E-state index contributed by atoms with van der Waals surface area (Å²) in [5.41, 5.74) is 0.740. The van der Waals surface area contributed by atoms with Gasteiger partial charge in [-0.2, -0.15) is 5.26 Å². The monoisotopic (exact) mass is 226 g/mol. The zero-order valence-electron chi connectivity index (χ0n) is 8.20. The number of nitriles is 1. The fraction of sp³-hybridized carbons (Fsp3) is 0.300. The van der Waals surface area contributed by atoms with Crippen LogP contribution in [0.4, 0.5) is 5.69 Å². The normalized spacial score (nSPS) is 11.9. The molecule has 1 aromatic rings. The minimum atomic E-state index is -1.14. The average Bonchev–Trinajstić information content (AvgIpc) is 2.18. The predicted molar refractivity (Wildman–Crippen MR) is 57.4 cm³/mol. The highest BCUT2D eigenvalue weighted by molar-refractivity contribution is 6.32. The molecule has 0 aromatic heterocycles. The summed E-state index contributed by atoms with van der Waals surface area (Å²) >= 11 is 5.81. The molecule has 0 spiro atoms. The third-order valence-electron chi connectivity index (χ3n) is 1.73. The van der Waals surface area contributed by atoms with Crippen molar-refractivity contribution in [3.05, 3.63) is 28.8 Å². The average molecular weight is 227 g/mol. The zero-order chi connectivity index (χ0) is 11.3. The van der Waals surface area contributed by atoms with E-state index in [2.05, 4.69) is 5.32 Å². The zero-order valence-corrected chi connectivity index (χ0v) is 8.95. The molecule has 0 aliphatic rings. The summed E-state index contributed by atoms with van der Waals surface area (Å²) in [7, 11) is 0. The van der Waals surface area contributed by atoms with E-state index in [0.29, 0.717) is 17.3 Å². The van der Waals surface area contributed by atoms with Crippen molar-refractivity contribution in [1.82, 2.24) is 0 Å². The number of hydrogen-bond donors (Lipinski definition) is 2. The van der Waals surface area contributed by atoms with Crippen molar-refractivity contribution < 1.29 is 9.84 Å². The molecule has 1 unspecified atom stereocenters. The molecule has 2 N–H and O–H groups in total. The fourth-order valence-corrected chi connectivity index (χ4v) is 1.31. The third kappa shape index (κ3) is 3.10. The van der Waals surface area contributed by atoms with Crippen LogP contribution in [0.5, 0.6) is 0 Å². The first-order chi connectivity index (χ1) is 7.19. The summed E-state index contributed by atoms with van der Waals surface area (Å²) in [5, 5.41) is 21.1. The number of rotatable bonds is 4. The highest BCUT2D eigenvalue weighted by atomic mass is 35.5. The Morgan fingerprint density at radius 1 is 1.67 bits per heavy atom. The minimum Gasteiger partial charge on any atom is -0.351 e. The number of halogens is 1. The van der Waals surface area contributed by atoms with Crippen LogP contribution in [0.15, 0.2) is 18.2 Å². The third-order valence-corrected chi connectivity index (χ3v) is 2.04. The Morgan fingerprint density at radius 3 is 3.00 bits per heavy atom. The molecule has 0 bridgehead atoms. The van der Waals surface area contributed by atoms with Crippen LogP contribution in [-0.2, 0) is 4.74 Å². The Labute approximate surface area is 93.0 Å². The van der Waals surface area contributed by atoms with Crippen LogP contribution in [0.1, 0.15) is 12.5 Å². The SMILES string of the molecule is CCOC(O)Nc1cccc(Cl)c1C#N. The second kappa shape index (κ2) is 5.56. The van der Waals surface area contributed by atoms with Gasteiger partial charge >= 0.3 is 0 Å². The lowest BCUT2D eigenvalue weighted by Crippen LogP contribution is -2.22. The molecule has 0 fully saturated rings. The van der Waals surface area contributed by atoms with Crippen molar-refractivity contribution >= 4 is 17.3 Å². The lowest BCUT2D eigenvalue weighted by atomic mass is 10.2. The van der Waals surface area contributed by atoms with Gasteiger partial charge in [-0.05, 0) is 19.1 Å². The number of nitrogens with zero attached hydrogens (tertiary/aromatic N) is 1. The number of aliphatic hydroxyl groups is 1. The topological polar surface area (TPSA) is 65.3 Å². The van der Waals surface area contributed by atoms with Crippen molar-refractivity contribution in [3.63, 3.8) is 0 Å². The lowest BCUT2D eigenvalue weighted by molar-refractivity contribution is -0.0730. The molecule has 5 heteroatoms. The first-order valence-corrected chi connectivity index (χ1v) is 4.81. The van der Waals surface area contributed by atoms with E-state index in [1.54, 1.807) is 25.1 Å². The number of benzene rings is 1. The second-order valence-corrected chi connectivity index (χ2v) is 3.13. The lowest BCUT2D eigenvalue weighted by Gasteiger charge is -2.14. The summed E-state index contributed by atoms with van der Waals surface area (Å²) in [4.78, 5) is 0. The summed E-state index contributed by atoms with van der Waals surface area (Å²) in [6, 6.07) is 6.89. The van der Waals surface area contributed by atoms with E-state index in [1.165, 1.54) is 0 Å². The maximum absolute atomic E-state index is 9.33. The maximum Gasteiger partial charge on any atom is 0.235 e. The summed E-state index contributed by atoms with van der Waals surface area (Å²) in [6.07, 6.45) is -1.14. The van der Waals surface area contributed by atoms with Gasteiger partial charge in [-0.1, -0.05) is 17.7 Å². The van der Waals surface area contributed by atoms with Crippen LogP contribution in [0.3, 0.4) is 0 Å². The van der Waals surface area contributed by atoms with Crippen LogP contribution in [0.2, 0.25) is 5.02 Å². The predicted octanol–water partition coefficient (Wildman–Crippen LogP) is 1.94. The van der Waals surface area contributed by atoms with Gasteiger partial charge in [-0.3, -0.25) is 0 Å². The maximum atomic E-state index is 9.33. The Balaban J connectivity index is 2.86. The van der Waals surface area contributed by atoms with Crippen molar-refractivity contribution in [2.75, 3.05) is 11.9 Å². The van der Waals surface area contributed by atoms with Crippen molar-refractivity contribution in [2.24, 2.45) is 0 Å². The summed E-state index contributed by atoms with van der Waals surface area (Å²) < 4.78 is 4.88. The first kappa shape index (κ1) is 11.8. The Morgan fingerprint density at radius 2 is 2.40 bits per heavy atom. The first-order valence-electron chi connectivity index (χ1n) is 4.43. The van der Waals surface area contributed by atoms with Gasteiger partial charge in [0, 0.05) is 6.61 Å². The molecule has 0 heterocycles. The molecule has 0 amide bonds. The van der Waals surface area contributed by atoms with Gasteiger partial charge < -0.3 is 15.2 Å². The van der Waals surface area contributed by atoms with Crippen LogP contribution in [0.25, 0.3) is 0 Å². The second-order valence-electron chi connectivity index (χ2n) is 2.73. The largest absolute Gasteiger partial charge is 0.351 e. The number of ether oxygens (including phenoxy) is 1. The van der Waals surface area contributed by atoms with Crippen LogP contribution >= 0.6 is 11.6 Å². The molecule has 0 radical (unpaired) electrons. The molecular weight excluding hydrogens is 216 g/mol. The standard InChI is InChI=1S/C10H11ClN2O2/c1-2-15-10(14)13-9-5-3-4-8(11)7(9)6-12/h3-5,10,13-14H,2H2,1H3. The van der Waals surface area contributed by atoms with E-state index < -0.39 is 6.41 Å². The molecule has 80 valence electrons. The van der Waals surface area contributed by atoms with Gasteiger partial charge in [-0.15, -0.1) is 0 Å².